The average molecular weight is 361 g/mol. The van der Waals surface area contributed by atoms with Crippen LogP contribution in [0.3, 0.4) is 0 Å². The molecule has 0 aliphatic heterocycles. The molecule has 0 aliphatic carbocycles. The molecule has 1 heterocycles. The second kappa shape index (κ2) is 8.15. The lowest BCUT2D eigenvalue weighted by Crippen LogP contribution is -2.27. The van der Waals surface area contributed by atoms with Crippen LogP contribution in [0.15, 0.2) is 15.9 Å². The number of carbonyl (C=O) groups excluding carboxylic acids is 1. The molecule has 0 bridgehead atoms. The second-order valence-electron chi connectivity index (χ2n) is 6.16. The first kappa shape index (κ1) is 17.7. The van der Waals surface area contributed by atoms with E-state index in [0.717, 1.165) is 16.6 Å². The molecule has 0 aromatic carbocycles. The van der Waals surface area contributed by atoms with Crippen LogP contribution in [0, 0.1) is 11.3 Å². The maximum Gasteiger partial charge on any atom is 0.220 e. The first-order valence-corrected chi connectivity index (χ1v) is 8.65. The molecule has 0 saturated heterocycles. The summed E-state index contributed by atoms with van der Waals surface area (Å²) in [6.45, 7) is 7.95. The summed E-state index contributed by atoms with van der Waals surface area (Å²) in [5.74, 6) is 0.620. The summed E-state index contributed by atoms with van der Waals surface area (Å²) in [7, 11) is 0. The van der Waals surface area contributed by atoms with Gasteiger partial charge in [0, 0.05) is 11.3 Å². The van der Waals surface area contributed by atoms with Crippen molar-refractivity contribution >= 4 is 33.2 Å². The molecule has 0 aliphatic rings. The molecule has 0 spiro atoms. The third-order valence-electron chi connectivity index (χ3n) is 3.55. The van der Waals surface area contributed by atoms with Gasteiger partial charge in [-0.2, -0.15) is 0 Å². The number of carbonyl (C=O) groups is 1. The van der Waals surface area contributed by atoms with Crippen molar-refractivity contribution in [1.82, 2.24) is 5.32 Å². The van der Waals surface area contributed by atoms with Gasteiger partial charge in [-0.1, -0.05) is 20.8 Å². The summed E-state index contributed by atoms with van der Waals surface area (Å²) in [4.78, 5) is 13.1. The van der Waals surface area contributed by atoms with Gasteiger partial charge in [-0.05, 0) is 58.8 Å². The lowest BCUT2D eigenvalue weighted by atomic mass is 9.76. The van der Waals surface area contributed by atoms with E-state index in [1.165, 1.54) is 4.88 Å². The van der Waals surface area contributed by atoms with Crippen LogP contribution in [0.4, 0.5) is 0 Å². The summed E-state index contributed by atoms with van der Waals surface area (Å²) in [5.41, 5.74) is 5.87. The van der Waals surface area contributed by atoms with Crippen LogP contribution in [-0.4, -0.2) is 12.5 Å². The highest BCUT2D eigenvalue weighted by Gasteiger charge is 2.24. The number of amides is 1. The lowest BCUT2D eigenvalue weighted by molar-refractivity contribution is -0.121. The van der Waals surface area contributed by atoms with E-state index >= 15 is 0 Å². The smallest absolute Gasteiger partial charge is 0.220 e. The lowest BCUT2D eigenvalue weighted by Gasteiger charge is -2.30. The van der Waals surface area contributed by atoms with E-state index in [9.17, 15) is 4.79 Å². The van der Waals surface area contributed by atoms with Gasteiger partial charge in [-0.25, -0.2) is 0 Å². The fourth-order valence-corrected chi connectivity index (χ4v) is 3.66. The van der Waals surface area contributed by atoms with Crippen molar-refractivity contribution in [2.45, 2.75) is 46.6 Å². The molecule has 0 fully saturated rings. The predicted molar refractivity (Wildman–Crippen MR) is 89.7 cm³/mol. The van der Waals surface area contributed by atoms with Crippen LogP contribution in [0.2, 0.25) is 0 Å². The van der Waals surface area contributed by atoms with E-state index in [0.29, 0.717) is 25.4 Å². The molecule has 1 rings (SSSR count). The molecule has 3 N–H and O–H groups in total. The number of rotatable bonds is 7. The van der Waals surface area contributed by atoms with E-state index in [4.69, 9.17) is 5.73 Å². The molecule has 5 heteroatoms. The topological polar surface area (TPSA) is 55.1 Å². The molecule has 1 unspecified atom stereocenters. The molecule has 1 aromatic rings. The highest BCUT2D eigenvalue weighted by molar-refractivity contribution is 9.11. The molecule has 1 atom stereocenters. The minimum absolute atomic E-state index is 0.126. The average Bonchev–Trinajstić information content (AvgIpc) is 2.76. The van der Waals surface area contributed by atoms with Gasteiger partial charge in [-0.3, -0.25) is 4.79 Å². The number of hydrogen-bond acceptors (Lipinski definition) is 3. The second-order valence-corrected chi connectivity index (χ2v) is 8.71. The van der Waals surface area contributed by atoms with E-state index in [-0.39, 0.29) is 11.3 Å². The van der Waals surface area contributed by atoms with Crippen LogP contribution >= 0.6 is 27.3 Å². The zero-order valence-corrected chi connectivity index (χ0v) is 14.9. The number of thiophene rings is 1. The Morgan fingerprint density at radius 2 is 2.10 bits per heavy atom. The maximum absolute atomic E-state index is 11.9. The zero-order valence-electron chi connectivity index (χ0n) is 12.5. The highest BCUT2D eigenvalue weighted by Crippen LogP contribution is 2.32. The molecule has 114 valence electrons. The van der Waals surface area contributed by atoms with Gasteiger partial charge in [0.15, 0.2) is 0 Å². The Bertz CT molecular complexity index is 426. The van der Waals surface area contributed by atoms with Gasteiger partial charge in [-0.15, -0.1) is 11.3 Å². The molecule has 0 radical (unpaired) electrons. The van der Waals surface area contributed by atoms with E-state index in [1.54, 1.807) is 11.3 Å². The Labute approximate surface area is 134 Å². The van der Waals surface area contributed by atoms with Gasteiger partial charge >= 0.3 is 0 Å². The Morgan fingerprint density at radius 3 is 2.60 bits per heavy atom. The zero-order chi connectivity index (χ0) is 15.2. The predicted octanol–water partition coefficient (Wildman–Crippen LogP) is 3.92. The van der Waals surface area contributed by atoms with Crippen molar-refractivity contribution in [3.05, 3.63) is 20.8 Å². The van der Waals surface area contributed by atoms with Crippen molar-refractivity contribution in [1.29, 1.82) is 0 Å². The quantitative estimate of drug-likeness (QED) is 0.773. The van der Waals surface area contributed by atoms with Crippen LogP contribution in [0.5, 0.6) is 0 Å². The standard InChI is InChI=1S/C15H25BrN2OS/c1-15(2,3)11(8-9-17)4-7-14(19)18-10-12-5-6-13(16)20-12/h5-6,11H,4,7-10,17H2,1-3H3,(H,18,19). The number of halogens is 1. The van der Waals surface area contributed by atoms with Crippen molar-refractivity contribution in [2.24, 2.45) is 17.1 Å². The third-order valence-corrected chi connectivity index (χ3v) is 5.17. The number of nitrogens with one attached hydrogen (secondary N) is 1. The molecule has 1 aromatic heterocycles. The van der Waals surface area contributed by atoms with Crippen molar-refractivity contribution in [3.8, 4) is 0 Å². The molecule has 0 saturated carbocycles. The SMILES string of the molecule is CC(C)(C)C(CCN)CCC(=O)NCc1ccc(Br)s1. The van der Waals surface area contributed by atoms with Crippen molar-refractivity contribution in [2.75, 3.05) is 6.54 Å². The fraction of sp³-hybridized carbons (Fsp3) is 0.667. The minimum atomic E-state index is 0.126. The van der Waals surface area contributed by atoms with Crippen LogP contribution in [0.1, 0.15) is 44.9 Å². The number of hydrogen-bond donors (Lipinski definition) is 2. The van der Waals surface area contributed by atoms with Crippen molar-refractivity contribution < 1.29 is 4.79 Å². The summed E-state index contributed by atoms with van der Waals surface area (Å²) in [6, 6.07) is 4.03. The summed E-state index contributed by atoms with van der Waals surface area (Å²) in [5, 5.41) is 2.98. The van der Waals surface area contributed by atoms with Crippen LogP contribution in [0.25, 0.3) is 0 Å². The Balaban J connectivity index is 2.34. The Kier molecular flexibility index (Phi) is 7.20. The van der Waals surface area contributed by atoms with Crippen molar-refractivity contribution in [3.63, 3.8) is 0 Å². The molecular formula is C15H25BrN2OS. The molecular weight excluding hydrogens is 336 g/mol. The fourth-order valence-electron chi connectivity index (χ4n) is 2.24. The van der Waals surface area contributed by atoms with Crippen LogP contribution < -0.4 is 11.1 Å². The summed E-state index contributed by atoms with van der Waals surface area (Å²) in [6.07, 6.45) is 2.46. The van der Waals surface area contributed by atoms with Gasteiger partial charge in [0.25, 0.3) is 0 Å². The highest BCUT2D eigenvalue weighted by atomic mass is 79.9. The molecule has 20 heavy (non-hydrogen) atoms. The van der Waals surface area contributed by atoms with Gasteiger partial charge in [0.05, 0.1) is 10.3 Å². The normalized spacial score (nSPS) is 13.2. The van der Waals surface area contributed by atoms with Gasteiger partial charge in [0.1, 0.15) is 0 Å². The Morgan fingerprint density at radius 1 is 1.40 bits per heavy atom. The monoisotopic (exact) mass is 360 g/mol. The molecule has 1 amide bonds. The van der Waals surface area contributed by atoms with Gasteiger partial charge in [0.2, 0.25) is 5.91 Å². The van der Waals surface area contributed by atoms with E-state index in [2.05, 4.69) is 42.0 Å². The first-order valence-electron chi connectivity index (χ1n) is 7.04. The Hall–Kier alpha value is -0.390. The largest absolute Gasteiger partial charge is 0.351 e. The van der Waals surface area contributed by atoms with E-state index < -0.39 is 0 Å². The van der Waals surface area contributed by atoms with Crippen LogP contribution in [-0.2, 0) is 11.3 Å². The third kappa shape index (κ3) is 6.37. The summed E-state index contributed by atoms with van der Waals surface area (Å²) >= 11 is 5.07. The minimum Gasteiger partial charge on any atom is -0.351 e. The van der Waals surface area contributed by atoms with Gasteiger partial charge < -0.3 is 11.1 Å². The maximum atomic E-state index is 11.9. The number of nitrogens with two attached hydrogens (primary N) is 1. The summed E-state index contributed by atoms with van der Waals surface area (Å²) < 4.78 is 1.09. The van der Waals surface area contributed by atoms with E-state index in [1.807, 2.05) is 12.1 Å². The first-order chi connectivity index (χ1) is 9.32. The molecule has 3 nitrogen and oxygen atoms in total.